The number of benzene rings is 2. The predicted molar refractivity (Wildman–Crippen MR) is 92.1 cm³/mol. The molecule has 2 atom stereocenters. The largest absolute Gasteiger partial charge is 0.493 e. The molecule has 4 bridgehead atoms. The molecule has 4 aliphatic carbocycles. The van der Waals surface area contributed by atoms with Crippen molar-refractivity contribution in [3.05, 3.63) is 42.5 Å². The van der Waals surface area contributed by atoms with E-state index in [2.05, 4.69) is 0 Å². The first-order valence-electron chi connectivity index (χ1n) is 9.22. The predicted octanol–water partition coefficient (Wildman–Crippen LogP) is 4.44. The van der Waals surface area contributed by atoms with Gasteiger partial charge in [0.05, 0.1) is 13.2 Å². The Balaban J connectivity index is 1.15. The molecular formula is C21H20F2O3. The van der Waals surface area contributed by atoms with Gasteiger partial charge in [-0.15, -0.1) is 0 Å². The molecule has 2 aromatic rings. The number of esters is 1. The first-order valence-corrected chi connectivity index (χ1v) is 9.22. The Kier molecular flexibility index (Phi) is 3.34. The molecule has 4 saturated carbocycles. The summed E-state index contributed by atoms with van der Waals surface area (Å²) in [6.45, 7) is 0.492. The van der Waals surface area contributed by atoms with Gasteiger partial charge in [0.2, 0.25) is 0 Å². The van der Waals surface area contributed by atoms with Crippen molar-refractivity contribution in [2.45, 2.75) is 25.2 Å². The zero-order valence-electron chi connectivity index (χ0n) is 14.3. The minimum absolute atomic E-state index is 0.117. The van der Waals surface area contributed by atoms with Crippen LogP contribution in [0, 0.1) is 23.2 Å². The topological polar surface area (TPSA) is 35.5 Å². The van der Waals surface area contributed by atoms with Crippen molar-refractivity contribution in [1.82, 2.24) is 0 Å². The summed E-state index contributed by atoms with van der Waals surface area (Å²) in [6, 6.07) is 13.8. The fraction of sp³-hybridized carbons (Fsp3) is 0.476. The van der Waals surface area contributed by atoms with Gasteiger partial charge in [0, 0.05) is 17.7 Å². The minimum atomic E-state index is -2.88. The van der Waals surface area contributed by atoms with Gasteiger partial charge in [-0.2, -0.15) is 0 Å². The Morgan fingerprint density at radius 2 is 1.77 bits per heavy atom. The Bertz CT molecular complexity index is 861. The number of halogens is 2. The number of hydrogen-bond acceptors (Lipinski definition) is 3. The molecule has 0 N–H and O–H groups in total. The summed E-state index contributed by atoms with van der Waals surface area (Å²) in [6.07, 6.45) is 1.45. The van der Waals surface area contributed by atoms with Crippen LogP contribution in [0.5, 0.6) is 5.75 Å². The van der Waals surface area contributed by atoms with Crippen molar-refractivity contribution in [2.75, 3.05) is 13.2 Å². The lowest BCUT2D eigenvalue weighted by Gasteiger charge is -2.21. The van der Waals surface area contributed by atoms with Crippen LogP contribution in [-0.2, 0) is 9.53 Å². The molecule has 136 valence electrons. The second kappa shape index (κ2) is 5.41. The quantitative estimate of drug-likeness (QED) is 0.566. The average Bonchev–Trinajstić information content (AvgIpc) is 2.88. The monoisotopic (exact) mass is 358 g/mol. The maximum atomic E-state index is 14.3. The van der Waals surface area contributed by atoms with Crippen LogP contribution < -0.4 is 4.74 Å². The SMILES string of the molecule is O=C(OCCCOc1cccc2ccccc12)C12C3CC(CC31)C2(F)F. The molecule has 0 amide bonds. The van der Waals surface area contributed by atoms with E-state index in [4.69, 9.17) is 9.47 Å². The molecule has 6 rings (SSSR count). The molecule has 0 spiro atoms. The summed E-state index contributed by atoms with van der Waals surface area (Å²) in [4.78, 5) is 12.3. The van der Waals surface area contributed by atoms with Crippen molar-refractivity contribution in [3.8, 4) is 5.75 Å². The molecule has 2 unspecified atom stereocenters. The number of rotatable bonds is 6. The highest BCUT2D eigenvalue weighted by molar-refractivity contribution is 5.88. The van der Waals surface area contributed by atoms with Gasteiger partial charge in [0.25, 0.3) is 5.92 Å². The number of hydrogen-bond donors (Lipinski definition) is 0. The Labute approximate surface area is 150 Å². The molecular weight excluding hydrogens is 338 g/mol. The number of carbonyl (C=O) groups excluding carboxylic acids is 1. The maximum absolute atomic E-state index is 14.3. The molecule has 0 aromatic heterocycles. The number of ether oxygens (including phenoxy) is 2. The van der Waals surface area contributed by atoms with Gasteiger partial charge in [-0.1, -0.05) is 36.4 Å². The van der Waals surface area contributed by atoms with Gasteiger partial charge < -0.3 is 9.47 Å². The van der Waals surface area contributed by atoms with E-state index in [1.54, 1.807) is 0 Å². The zero-order chi connectivity index (χ0) is 17.9. The number of carbonyl (C=O) groups is 1. The average molecular weight is 358 g/mol. The van der Waals surface area contributed by atoms with E-state index in [0.29, 0.717) is 25.9 Å². The standard InChI is InChI=1S/C21H20F2O3/c22-21(23)14-11-16-17(12-14)20(16,21)19(24)26-10-4-9-25-18-8-3-6-13-5-1-2-7-15(13)18/h1-3,5-8,14,16-17H,4,9-12H2. The van der Waals surface area contributed by atoms with E-state index in [1.807, 2.05) is 42.5 Å². The second-order valence-electron chi connectivity index (χ2n) is 7.69. The minimum Gasteiger partial charge on any atom is -0.493 e. The van der Waals surface area contributed by atoms with Gasteiger partial charge in [-0.25, -0.2) is 8.78 Å². The molecule has 4 aliphatic rings. The lowest BCUT2D eigenvalue weighted by atomic mass is 9.99. The lowest BCUT2D eigenvalue weighted by molar-refractivity contribution is -0.168. The molecule has 5 heteroatoms. The smallest absolute Gasteiger partial charge is 0.318 e. The van der Waals surface area contributed by atoms with E-state index in [0.717, 1.165) is 16.5 Å². The molecule has 0 saturated heterocycles. The van der Waals surface area contributed by atoms with Crippen molar-refractivity contribution in [3.63, 3.8) is 0 Å². The third-order valence-electron chi connectivity index (χ3n) is 6.55. The van der Waals surface area contributed by atoms with Crippen molar-refractivity contribution in [1.29, 1.82) is 0 Å². The summed E-state index contributed by atoms with van der Waals surface area (Å²) in [5.41, 5.74) is -1.49. The van der Waals surface area contributed by atoms with Crippen LogP contribution in [0.1, 0.15) is 19.3 Å². The van der Waals surface area contributed by atoms with Crippen molar-refractivity contribution in [2.24, 2.45) is 23.2 Å². The van der Waals surface area contributed by atoms with Gasteiger partial charge >= 0.3 is 5.97 Å². The van der Waals surface area contributed by atoms with Gasteiger partial charge in [0.15, 0.2) is 0 Å². The zero-order valence-corrected chi connectivity index (χ0v) is 14.3. The van der Waals surface area contributed by atoms with E-state index in [1.165, 1.54) is 0 Å². The number of alkyl halides is 2. The van der Waals surface area contributed by atoms with Crippen LogP contribution in [0.15, 0.2) is 42.5 Å². The van der Waals surface area contributed by atoms with Gasteiger partial charge in [0.1, 0.15) is 11.2 Å². The van der Waals surface area contributed by atoms with E-state index < -0.39 is 23.2 Å². The van der Waals surface area contributed by atoms with Gasteiger partial charge in [-0.3, -0.25) is 4.79 Å². The fourth-order valence-corrected chi connectivity index (χ4v) is 5.36. The molecule has 0 radical (unpaired) electrons. The lowest BCUT2D eigenvalue weighted by Crippen LogP contribution is -2.37. The Morgan fingerprint density at radius 1 is 1.04 bits per heavy atom. The van der Waals surface area contributed by atoms with Gasteiger partial charge in [-0.05, 0) is 36.1 Å². The van der Waals surface area contributed by atoms with Crippen molar-refractivity contribution < 1.29 is 23.0 Å². The molecule has 3 nitrogen and oxygen atoms in total. The first kappa shape index (κ1) is 16.0. The Hall–Kier alpha value is -2.17. The summed E-state index contributed by atoms with van der Waals surface area (Å²) in [5, 5.41) is 2.12. The van der Waals surface area contributed by atoms with Crippen LogP contribution in [0.25, 0.3) is 10.8 Å². The van der Waals surface area contributed by atoms with E-state index >= 15 is 0 Å². The molecule has 0 heterocycles. The summed E-state index contributed by atoms with van der Waals surface area (Å²) < 4.78 is 39.7. The highest BCUT2D eigenvalue weighted by atomic mass is 19.3. The third-order valence-corrected chi connectivity index (χ3v) is 6.55. The van der Waals surface area contributed by atoms with Crippen LogP contribution in [0.3, 0.4) is 0 Å². The fourth-order valence-electron chi connectivity index (χ4n) is 5.36. The highest BCUT2D eigenvalue weighted by Gasteiger charge is 2.92. The third kappa shape index (κ3) is 1.94. The number of fused-ring (bicyclic) bond motifs is 1. The summed E-state index contributed by atoms with van der Waals surface area (Å²) in [5.74, 6) is -3.71. The molecule has 26 heavy (non-hydrogen) atoms. The van der Waals surface area contributed by atoms with Crippen molar-refractivity contribution >= 4 is 16.7 Å². The molecule has 4 fully saturated rings. The second-order valence-corrected chi connectivity index (χ2v) is 7.69. The maximum Gasteiger partial charge on any atom is 0.318 e. The highest BCUT2D eigenvalue weighted by Crippen LogP contribution is 2.84. The van der Waals surface area contributed by atoms with E-state index in [-0.39, 0.29) is 18.4 Å². The van der Waals surface area contributed by atoms with Crippen LogP contribution >= 0.6 is 0 Å². The van der Waals surface area contributed by atoms with Crippen LogP contribution in [0.2, 0.25) is 0 Å². The van der Waals surface area contributed by atoms with E-state index in [9.17, 15) is 13.6 Å². The normalized spacial score (nSPS) is 32.6. The Morgan fingerprint density at radius 3 is 2.50 bits per heavy atom. The summed E-state index contributed by atoms with van der Waals surface area (Å²) in [7, 11) is 0. The summed E-state index contributed by atoms with van der Waals surface area (Å²) >= 11 is 0. The first-order chi connectivity index (χ1) is 12.6. The van der Waals surface area contributed by atoms with Crippen LogP contribution in [-0.4, -0.2) is 25.1 Å². The van der Waals surface area contributed by atoms with Crippen LogP contribution in [0.4, 0.5) is 8.78 Å². The molecule has 2 aromatic carbocycles. The molecule has 0 aliphatic heterocycles.